The summed E-state index contributed by atoms with van der Waals surface area (Å²) in [6.45, 7) is 1.65. The van der Waals surface area contributed by atoms with Crippen LogP contribution in [0, 0.1) is 12.7 Å². The summed E-state index contributed by atoms with van der Waals surface area (Å²) in [6.07, 6.45) is 1.45. The molecule has 0 amide bonds. The standard InChI is InChI=1S/C20H17FN2O5S/c1-12-22-23-20(28-12)29-18(19(24)25)10-13-7-8-16(17(9-13)26-2)27-11-14-5-3-4-6-15(14)21/h3-10H,11H2,1-2H3,(H,24,25)/b18-10-. The maximum Gasteiger partial charge on any atom is 0.342 e. The Kier molecular flexibility index (Phi) is 6.50. The van der Waals surface area contributed by atoms with Gasteiger partial charge in [0.15, 0.2) is 11.5 Å². The van der Waals surface area contributed by atoms with Gasteiger partial charge in [-0.1, -0.05) is 24.3 Å². The van der Waals surface area contributed by atoms with Gasteiger partial charge < -0.3 is 19.0 Å². The van der Waals surface area contributed by atoms with Gasteiger partial charge in [0.2, 0.25) is 5.89 Å². The minimum absolute atomic E-state index is 0.00396. The Morgan fingerprint density at radius 2 is 2.03 bits per heavy atom. The second-order valence-electron chi connectivity index (χ2n) is 5.79. The van der Waals surface area contributed by atoms with Crippen LogP contribution >= 0.6 is 11.8 Å². The van der Waals surface area contributed by atoms with Crippen LogP contribution in [0.2, 0.25) is 0 Å². The van der Waals surface area contributed by atoms with Gasteiger partial charge in [0.25, 0.3) is 5.22 Å². The minimum Gasteiger partial charge on any atom is -0.493 e. The number of carboxylic acids is 1. The van der Waals surface area contributed by atoms with Crippen LogP contribution in [-0.4, -0.2) is 28.4 Å². The highest BCUT2D eigenvalue weighted by atomic mass is 32.2. The van der Waals surface area contributed by atoms with Crippen molar-refractivity contribution in [2.24, 2.45) is 0 Å². The molecule has 7 nitrogen and oxygen atoms in total. The van der Waals surface area contributed by atoms with E-state index in [1.54, 1.807) is 43.3 Å². The maximum atomic E-state index is 13.7. The van der Waals surface area contributed by atoms with Crippen LogP contribution in [0.4, 0.5) is 4.39 Å². The Balaban J connectivity index is 1.80. The summed E-state index contributed by atoms with van der Waals surface area (Å²) in [4.78, 5) is 11.6. The number of nitrogens with zero attached hydrogens (tertiary/aromatic N) is 2. The fourth-order valence-corrected chi connectivity index (χ4v) is 3.08. The van der Waals surface area contributed by atoms with Crippen molar-refractivity contribution in [3.05, 3.63) is 70.2 Å². The molecule has 0 saturated carbocycles. The van der Waals surface area contributed by atoms with Crippen LogP contribution < -0.4 is 9.47 Å². The summed E-state index contributed by atoms with van der Waals surface area (Å²) in [6, 6.07) is 11.2. The van der Waals surface area contributed by atoms with Crippen molar-refractivity contribution in [1.29, 1.82) is 0 Å². The number of hydrogen-bond acceptors (Lipinski definition) is 7. The Bertz CT molecular complexity index is 1050. The van der Waals surface area contributed by atoms with Gasteiger partial charge in [-0.05, 0) is 41.6 Å². The van der Waals surface area contributed by atoms with Crippen molar-refractivity contribution in [3.63, 3.8) is 0 Å². The molecule has 0 radical (unpaired) electrons. The predicted octanol–water partition coefficient (Wildman–Crippen LogP) is 4.32. The zero-order valence-corrected chi connectivity index (χ0v) is 16.4. The summed E-state index contributed by atoms with van der Waals surface area (Å²) in [5, 5.41) is 17.0. The number of aryl methyl sites for hydroxylation is 1. The van der Waals surface area contributed by atoms with E-state index in [4.69, 9.17) is 13.9 Å². The number of aromatic nitrogens is 2. The molecule has 1 N–H and O–H groups in total. The molecule has 9 heteroatoms. The van der Waals surface area contributed by atoms with Crippen molar-refractivity contribution in [2.75, 3.05) is 7.11 Å². The van der Waals surface area contributed by atoms with E-state index in [1.165, 1.54) is 19.3 Å². The van der Waals surface area contributed by atoms with Crippen molar-refractivity contribution in [3.8, 4) is 11.5 Å². The molecule has 0 atom stereocenters. The average molecular weight is 416 g/mol. The first-order chi connectivity index (χ1) is 14.0. The van der Waals surface area contributed by atoms with Gasteiger partial charge in [-0.2, -0.15) is 0 Å². The van der Waals surface area contributed by atoms with E-state index in [0.29, 0.717) is 28.5 Å². The number of carboxylic acid groups (broad SMARTS) is 1. The molecule has 0 aliphatic carbocycles. The lowest BCUT2D eigenvalue weighted by Crippen LogP contribution is -2.00. The molecule has 1 aromatic heterocycles. The van der Waals surface area contributed by atoms with Crippen LogP contribution in [0.1, 0.15) is 17.0 Å². The lowest BCUT2D eigenvalue weighted by molar-refractivity contribution is -0.131. The zero-order valence-electron chi connectivity index (χ0n) is 15.6. The lowest BCUT2D eigenvalue weighted by atomic mass is 10.2. The van der Waals surface area contributed by atoms with Crippen LogP contribution in [0.3, 0.4) is 0 Å². The molecule has 3 aromatic rings. The molecule has 0 bridgehead atoms. The maximum absolute atomic E-state index is 13.7. The van der Waals surface area contributed by atoms with Crippen LogP contribution in [0.25, 0.3) is 6.08 Å². The topological polar surface area (TPSA) is 94.7 Å². The van der Waals surface area contributed by atoms with Gasteiger partial charge in [0, 0.05) is 12.5 Å². The van der Waals surface area contributed by atoms with Gasteiger partial charge in [-0.15, -0.1) is 10.2 Å². The van der Waals surface area contributed by atoms with E-state index >= 15 is 0 Å². The number of carbonyl (C=O) groups is 1. The summed E-state index contributed by atoms with van der Waals surface area (Å²) < 4.78 is 29.9. The number of rotatable bonds is 8. The smallest absolute Gasteiger partial charge is 0.342 e. The summed E-state index contributed by atoms with van der Waals surface area (Å²) in [5.41, 5.74) is 0.985. The van der Waals surface area contributed by atoms with E-state index in [2.05, 4.69) is 10.2 Å². The first kappa shape index (κ1) is 20.4. The molecule has 0 unspecified atom stereocenters. The summed E-state index contributed by atoms with van der Waals surface area (Å²) in [7, 11) is 1.47. The van der Waals surface area contributed by atoms with Crippen molar-refractivity contribution in [1.82, 2.24) is 10.2 Å². The molecule has 0 spiro atoms. The van der Waals surface area contributed by atoms with E-state index in [-0.39, 0.29) is 22.6 Å². The Labute approximate surface area is 170 Å². The number of ether oxygens (including phenoxy) is 2. The number of methoxy groups -OCH3 is 1. The molecular formula is C20H17FN2O5S. The second kappa shape index (κ2) is 9.24. The van der Waals surface area contributed by atoms with Gasteiger partial charge in [0.05, 0.1) is 7.11 Å². The largest absolute Gasteiger partial charge is 0.493 e. The Morgan fingerprint density at radius 3 is 2.69 bits per heavy atom. The van der Waals surface area contributed by atoms with Crippen LogP contribution in [-0.2, 0) is 11.4 Å². The summed E-state index contributed by atoms with van der Waals surface area (Å²) >= 11 is 0.847. The predicted molar refractivity (Wildman–Crippen MR) is 104 cm³/mol. The fraction of sp³-hybridized carbons (Fsp3) is 0.150. The monoisotopic (exact) mass is 416 g/mol. The molecule has 0 aliphatic rings. The van der Waals surface area contributed by atoms with E-state index in [9.17, 15) is 14.3 Å². The fourth-order valence-electron chi connectivity index (χ4n) is 2.36. The highest BCUT2D eigenvalue weighted by molar-refractivity contribution is 8.03. The van der Waals surface area contributed by atoms with Crippen molar-refractivity contribution in [2.45, 2.75) is 18.8 Å². The SMILES string of the molecule is COc1cc(/C=C(\Sc2nnc(C)o2)C(=O)O)ccc1OCc1ccccc1F. The number of thioether (sulfide) groups is 1. The lowest BCUT2D eigenvalue weighted by Gasteiger charge is -2.12. The highest BCUT2D eigenvalue weighted by Gasteiger charge is 2.15. The molecule has 2 aromatic carbocycles. The third-order valence-electron chi connectivity index (χ3n) is 3.74. The Morgan fingerprint density at radius 1 is 1.24 bits per heavy atom. The molecule has 0 aliphatic heterocycles. The number of halogens is 1. The average Bonchev–Trinajstić information content (AvgIpc) is 3.12. The highest BCUT2D eigenvalue weighted by Crippen LogP contribution is 2.32. The van der Waals surface area contributed by atoms with Gasteiger partial charge in [-0.3, -0.25) is 0 Å². The quantitative estimate of drug-likeness (QED) is 0.428. The van der Waals surface area contributed by atoms with Crippen molar-refractivity contribution < 1.29 is 28.2 Å². The molecule has 150 valence electrons. The van der Waals surface area contributed by atoms with Crippen LogP contribution in [0.15, 0.2) is 57.0 Å². The van der Waals surface area contributed by atoms with Gasteiger partial charge in [0.1, 0.15) is 17.3 Å². The van der Waals surface area contributed by atoms with E-state index in [1.807, 2.05) is 0 Å². The third kappa shape index (κ3) is 5.35. The molecule has 0 saturated heterocycles. The summed E-state index contributed by atoms with van der Waals surface area (Å²) in [5.74, 6) is -0.353. The third-order valence-corrected chi connectivity index (χ3v) is 4.59. The number of hydrogen-bond donors (Lipinski definition) is 1. The molecule has 1 heterocycles. The van der Waals surface area contributed by atoms with Crippen molar-refractivity contribution >= 4 is 23.8 Å². The van der Waals surface area contributed by atoms with Gasteiger partial charge >= 0.3 is 5.97 Å². The molecule has 29 heavy (non-hydrogen) atoms. The van der Waals surface area contributed by atoms with E-state index < -0.39 is 5.97 Å². The first-order valence-corrected chi connectivity index (χ1v) is 9.25. The normalized spacial score (nSPS) is 11.3. The second-order valence-corrected chi connectivity index (χ2v) is 6.79. The molecule has 3 rings (SSSR count). The number of benzene rings is 2. The minimum atomic E-state index is -1.13. The molecular weight excluding hydrogens is 399 g/mol. The number of aliphatic carboxylic acids is 1. The molecule has 0 fully saturated rings. The van der Waals surface area contributed by atoms with Crippen LogP contribution in [0.5, 0.6) is 11.5 Å². The van der Waals surface area contributed by atoms with Gasteiger partial charge in [-0.25, -0.2) is 9.18 Å². The first-order valence-electron chi connectivity index (χ1n) is 8.43. The zero-order chi connectivity index (χ0) is 20.8. The van der Waals surface area contributed by atoms with E-state index in [0.717, 1.165) is 11.8 Å². The Hall–Kier alpha value is -3.33.